The van der Waals surface area contributed by atoms with Crippen molar-refractivity contribution in [3.8, 4) is 0 Å². The number of nitrogens with one attached hydrogen (secondary N) is 1. The standard InChI is InChI=1S/C5H11N5/c1-5(2)3(6)8-4(9-5)10-7/h7H2,1-2H3,(H3,6,8,9,10). The van der Waals surface area contributed by atoms with Crippen LogP contribution in [0.2, 0.25) is 0 Å². The molecule has 0 aromatic carbocycles. The first kappa shape index (κ1) is 7.01. The molecule has 0 saturated carbocycles. The minimum Gasteiger partial charge on any atom is -0.385 e. The van der Waals surface area contributed by atoms with Crippen molar-refractivity contribution in [1.29, 1.82) is 0 Å². The summed E-state index contributed by atoms with van der Waals surface area (Å²) in [6.07, 6.45) is 0. The predicted octanol–water partition coefficient (Wildman–Crippen LogP) is -1.04. The van der Waals surface area contributed by atoms with Crippen LogP contribution in [0.4, 0.5) is 0 Å². The molecule has 0 unspecified atom stereocenters. The summed E-state index contributed by atoms with van der Waals surface area (Å²) in [5.74, 6) is 5.95. The second kappa shape index (κ2) is 1.95. The van der Waals surface area contributed by atoms with E-state index in [4.69, 9.17) is 11.6 Å². The third kappa shape index (κ3) is 0.950. The molecule has 0 fully saturated rings. The number of nitrogens with zero attached hydrogens (tertiary/aromatic N) is 2. The summed E-state index contributed by atoms with van der Waals surface area (Å²) in [4.78, 5) is 7.94. The molecule has 0 spiro atoms. The highest BCUT2D eigenvalue weighted by Crippen LogP contribution is 2.13. The second-order valence-electron chi connectivity index (χ2n) is 2.64. The Balaban J connectivity index is 2.88. The maximum absolute atomic E-state index is 5.52. The van der Waals surface area contributed by atoms with Gasteiger partial charge < -0.3 is 5.73 Å². The van der Waals surface area contributed by atoms with Crippen LogP contribution in [0.5, 0.6) is 0 Å². The Morgan fingerprint density at radius 3 is 2.30 bits per heavy atom. The highest BCUT2D eigenvalue weighted by molar-refractivity contribution is 6.05. The summed E-state index contributed by atoms with van der Waals surface area (Å²) in [6, 6.07) is 0. The van der Waals surface area contributed by atoms with Gasteiger partial charge in [-0.25, -0.2) is 10.8 Å². The third-order valence-corrected chi connectivity index (χ3v) is 1.37. The molecule has 1 heterocycles. The van der Waals surface area contributed by atoms with Gasteiger partial charge in [0.2, 0.25) is 5.96 Å². The van der Waals surface area contributed by atoms with Crippen molar-refractivity contribution >= 4 is 11.8 Å². The van der Waals surface area contributed by atoms with E-state index in [1.165, 1.54) is 0 Å². The Kier molecular flexibility index (Phi) is 1.37. The van der Waals surface area contributed by atoms with Gasteiger partial charge in [0.1, 0.15) is 11.4 Å². The molecule has 0 bridgehead atoms. The summed E-state index contributed by atoms with van der Waals surface area (Å²) >= 11 is 0. The molecule has 10 heavy (non-hydrogen) atoms. The fourth-order valence-corrected chi connectivity index (χ4v) is 0.662. The van der Waals surface area contributed by atoms with Crippen LogP contribution in [0.3, 0.4) is 0 Å². The molecule has 1 aliphatic heterocycles. The molecular formula is C5H11N5. The van der Waals surface area contributed by atoms with Gasteiger partial charge in [-0.2, -0.15) is 4.99 Å². The summed E-state index contributed by atoms with van der Waals surface area (Å²) in [5, 5.41) is 0. The van der Waals surface area contributed by atoms with Crippen molar-refractivity contribution in [2.45, 2.75) is 19.4 Å². The summed E-state index contributed by atoms with van der Waals surface area (Å²) in [5.41, 5.74) is 7.45. The van der Waals surface area contributed by atoms with Crippen LogP contribution in [0, 0.1) is 0 Å². The van der Waals surface area contributed by atoms with Crippen LogP contribution < -0.4 is 17.0 Å². The maximum atomic E-state index is 5.52. The quantitative estimate of drug-likeness (QED) is 0.297. The zero-order chi connectivity index (χ0) is 7.78. The lowest BCUT2D eigenvalue weighted by molar-refractivity contribution is 0.705. The highest BCUT2D eigenvalue weighted by Gasteiger charge is 2.27. The first-order valence-corrected chi connectivity index (χ1v) is 2.97. The number of hydrogen-bond donors (Lipinski definition) is 3. The highest BCUT2D eigenvalue weighted by atomic mass is 15.3. The van der Waals surface area contributed by atoms with E-state index in [1.54, 1.807) is 0 Å². The van der Waals surface area contributed by atoms with E-state index in [0.717, 1.165) is 0 Å². The zero-order valence-corrected chi connectivity index (χ0v) is 6.05. The van der Waals surface area contributed by atoms with Gasteiger partial charge >= 0.3 is 0 Å². The number of rotatable bonds is 0. The molecule has 0 aromatic heterocycles. The van der Waals surface area contributed by atoms with Crippen molar-refractivity contribution in [3.63, 3.8) is 0 Å². The lowest BCUT2D eigenvalue weighted by atomic mass is 10.1. The fraction of sp³-hybridized carbons (Fsp3) is 0.600. The van der Waals surface area contributed by atoms with Crippen molar-refractivity contribution in [2.75, 3.05) is 0 Å². The molecule has 0 aliphatic carbocycles. The first-order chi connectivity index (χ1) is 4.56. The van der Waals surface area contributed by atoms with E-state index in [9.17, 15) is 0 Å². The summed E-state index contributed by atoms with van der Waals surface area (Å²) in [7, 11) is 0. The number of hydrogen-bond acceptors (Lipinski definition) is 5. The van der Waals surface area contributed by atoms with Crippen molar-refractivity contribution in [1.82, 2.24) is 5.43 Å². The monoisotopic (exact) mass is 141 g/mol. The zero-order valence-electron chi connectivity index (χ0n) is 6.05. The molecule has 0 radical (unpaired) electrons. The van der Waals surface area contributed by atoms with E-state index < -0.39 is 5.54 Å². The first-order valence-electron chi connectivity index (χ1n) is 2.97. The molecule has 5 N–H and O–H groups in total. The van der Waals surface area contributed by atoms with Crippen molar-refractivity contribution in [3.05, 3.63) is 0 Å². The fourth-order valence-electron chi connectivity index (χ4n) is 0.662. The van der Waals surface area contributed by atoms with Crippen LogP contribution in [0.15, 0.2) is 9.98 Å². The normalized spacial score (nSPS) is 21.9. The Bertz CT molecular complexity index is 202. The smallest absolute Gasteiger partial charge is 0.235 e. The van der Waals surface area contributed by atoms with E-state index in [-0.39, 0.29) is 0 Å². The number of nitrogens with two attached hydrogens (primary N) is 2. The minimum atomic E-state index is -0.401. The average Bonchev–Trinajstić information content (AvgIpc) is 2.08. The Hall–Kier alpha value is -1.10. The maximum Gasteiger partial charge on any atom is 0.235 e. The van der Waals surface area contributed by atoms with E-state index in [2.05, 4.69) is 15.4 Å². The van der Waals surface area contributed by atoms with Gasteiger partial charge in [-0.1, -0.05) is 0 Å². The third-order valence-electron chi connectivity index (χ3n) is 1.37. The largest absolute Gasteiger partial charge is 0.385 e. The van der Waals surface area contributed by atoms with Gasteiger partial charge in [-0.15, -0.1) is 0 Å². The Morgan fingerprint density at radius 2 is 2.10 bits per heavy atom. The lowest BCUT2D eigenvalue weighted by Gasteiger charge is -2.11. The van der Waals surface area contributed by atoms with E-state index >= 15 is 0 Å². The molecule has 1 rings (SSSR count). The van der Waals surface area contributed by atoms with Crippen molar-refractivity contribution < 1.29 is 0 Å². The average molecular weight is 141 g/mol. The van der Waals surface area contributed by atoms with Crippen LogP contribution in [-0.2, 0) is 0 Å². The molecule has 0 amide bonds. The lowest BCUT2D eigenvalue weighted by Crippen LogP contribution is -2.33. The molecule has 0 atom stereocenters. The number of aliphatic imine (C=N–C) groups is 2. The minimum absolute atomic E-state index is 0.391. The number of hydrazine groups is 1. The molecule has 0 saturated heterocycles. The topological polar surface area (TPSA) is 88.8 Å². The molecule has 0 aromatic rings. The van der Waals surface area contributed by atoms with Crippen LogP contribution in [-0.4, -0.2) is 17.3 Å². The molecular weight excluding hydrogens is 130 g/mol. The Labute approximate surface area is 59.2 Å². The van der Waals surface area contributed by atoms with Gasteiger partial charge in [-0.05, 0) is 13.8 Å². The van der Waals surface area contributed by atoms with Gasteiger partial charge in [0, 0.05) is 0 Å². The second-order valence-corrected chi connectivity index (χ2v) is 2.64. The van der Waals surface area contributed by atoms with Crippen LogP contribution in [0.25, 0.3) is 0 Å². The van der Waals surface area contributed by atoms with Gasteiger partial charge in [0.25, 0.3) is 0 Å². The van der Waals surface area contributed by atoms with Gasteiger partial charge in [0.05, 0.1) is 0 Å². The van der Waals surface area contributed by atoms with E-state index in [1.807, 2.05) is 13.8 Å². The molecule has 56 valence electrons. The van der Waals surface area contributed by atoms with Crippen LogP contribution >= 0.6 is 0 Å². The van der Waals surface area contributed by atoms with Gasteiger partial charge in [-0.3, -0.25) is 5.43 Å². The van der Waals surface area contributed by atoms with E-state index in [0.29, 0.717) is 11.8 Å². The van der Waals surface area contributed by atoms with Crippen LogP contribution in [0.1, 0.15) is 13.8 Å². The Morgan fingerprint density at radius 1 is 1.50 bits per heavy atom. The summed E-state index contributed by atoms with van der Waals surface area (Å²) < 4.78 is 0. The predicted molar refractivity (Wildman–Crippen MR) is 40.5 cm³/mol. The van der Waals surface area contributed by atoms with Crippen molar-refractivity contribution in [2.24, 2.45) is 21.6 Å². The number of amidine groups is 1. The van der Waals surface area contributed by atoms with Gasteiger partial charge in [0.15, 0.2) is 0 Å². The summed E-state index contributed by atoms with van der Waals surface area (Å²) in [6.45, 7) is 3.74. The SMILES string of the molecule is CC1(C)N=C(NN)N=C1N. The molecule has 1 aliphatic rings. The number of guanidine groups is 1. The molecule has 5 heteroatoms. The molecule has 5 nitrogen and oxygen atoms in total.